The Morgan fingerprint density at radius 1 is 1.03 bits per heavy atom. The van der Waals surface area contributed by atoms with Gasteiger partial charge in [-0.2, -0.15) is 0 Å². The van der Waals surface area contributed by atoms with Gasteiger partial charge in [-0.1, -0.05) is 41.9 Å². The molecule has 0 aromatic heterocycles. The number of carboxylic acids is 1. The standard InChI is InChI=1S/C26H23ClN2O6S/c27-19-4-3-5-21(14-19)35-26(33)28(16-25(31)32)15-18-8-10-20(11-9-18)34-13-12-29-22-6-1-2-7-23(22)36-17-24(29)30/h1-11,14H,12-13,15-17H2,(H,31,32). The molecule has 10 heteroatoms. The molecule has 4 rings (SSSR count). The molecule has 3 aromatic rings. The highest BCUT2D eigenvalue weighted by Gasteiger charge is 2.24. The third-order valence-corrected chi connectivity index (χ3v) is 6.56. The fourth-order valence-electron chi connectivity index (χ4n) is 3.61. The summed E-state index contributed by atoms with van der Waals surface area (Å²) in [7, 11) is 0. The molecule has 0 saturated heterocycles. The smallest absolute Gasteiger partial charge is 0.416 e. The highest BCUT2D eigenvalue weighted by atomic mass is 35.5. The van der Waals surface area contributed by atoms with Crippen molar-refractivity contribution < 1.29 is 29.0 Å². The number of carbonyl (C=O) groups excluding carboxylic acids is 2. The summed E-state index contributed by atoms with van der Waals surface area (Å²) in [5, 5.41) is 9.63. The normalized spacial score (nSPS) is 12.6. The minimum Gasteiger partial charge on any atom is -0.492 e. The van der Waals surface area contributed by atoms with E-state index in [-0.39, 0.29) is 18.2 Å². The van der Waals surface area contributed by atoms with E-state index in [1.165, 1.54) is 17.8 Å². The Labute approximate surface area is 217 Å². The molecule has 2 amide bonds. The van der Waals surface area contributed by atoms with Crippen LogP contribution in [0.25, 0.3) is 0 Å². The van der Waals surface area contributed by atoms with Crippen LogP contribution in [0.5, 0.6) is 11.5 Å². The maximum absolute atomic E-state index is 12.6. The zero-order valence-corrected chi connectivity index (χ0v) is 20.7. The van der Waals surface area contributed by atoms with Gasteiger partial charge in [-0.05, 0) is 48.0 Å². The van der Waals surface area contributed by atoms with Crippen LogP contribution in [0.2, 0.25) is 5.02 Å². The number of fused-ring (bicyclic) bond motifs is 1. The van der Waals surface area contributed by atoms with E-state index < -0.39 is 18.6 Å². The average molecular weight is 527 g/mol. The third-order valence-electron chi connectivity index (χ3n) is 5.27. The van der Waals surface area contributed by atoms with Crippen molar-refractivity contribution in [2.24, 2.45) is 0 Å². The molecule has 0 radical (unpaired) electrons. The summed E-state index contributed by atoms with van der Waals surface area (Å²) in [5.41, 5.74) is 1.59. The lowest BCUT2D eigenvalue weighted by Gasteiger charge is -2.28. The first-order valence-corrected chi connectivity index (χ1v) is 12.4. The number of halogens is 1. The Morgan fingerprint density at radius 2 is 1.81 bits per heavy atom. The fourth-order valence-corrected chi connectivity index (χ4v) is 4.73. The van der Waals surface area contributed by atoms with Gasteiger partial charge in [-0.3, -0.25) is 14.5 Å². The van der Waals surface area contributed by atoms with Crippen molar-refractivity contribution in [1.82, 2.24) is 4.90 Å². The minimum atomic E-state index is -1.16. The Balaban J connectivity index is 1.34. The van der Waals surface area contributed by atoms with Crippen molar-refractivity contribution >= 4 is 47.0 Å². The Bertz CT molecular complexity index is 1250. The maximum Gasteiger partial charge on any atom is 0.416 e. The Morgan fingerprint density at radius 3 is 2.56 bits per heavy atom. The van der Waals surface area contributed by atoms with Crippen molar-refractivity contribution in [3.8, 4) is 11.5 Å². The van der Waals surface area contributed by atoms with Gasteiger partial charge in [0.2, 0.25) is 5.91 Å². The fraction of sp³-hybridized carbons (Fsp3) is 0.192. The Hall–Kier alpha value is -3.69. The number of hydrogen-bond acceptors (Lipinski definition) is 6. The third kappa shape index (κ3) is 6.71. The van der Waals surface area contributed by atoms with Crippen LogP contribution in [-0.4, -0.2) is 53.4 Å². The van der Waals surface area contributed by atoms with Crippen molar-refractivity contribution in [2.75, 3.05) is 30.3 Å². The highest BCUT2D eigenvalue weighted by Crippen LogP contribution is 2.34. The number of carbonyl (C=O) groups is 3. The summed E-state index contributed by atoms with van der Waals surface area (Å²) in [6.45, 7) is 0.227. The van der Waals surface area contributed by atoms with E-state index in [1.807, 2.05) is 24.3 Å². The predicted molar refractivity (Wildman–Crippen MR) is 137 cm³/mol. The molecule has 186 valence electrons. The summed E-state index contributed by atoms with van der Waals surface area (Å²) >= 11 is 7.45. The number of amides is 2. The molecule has 1 aliphatic heterocycles. The van der Waals surface area contributed by atoms with Gasteiger partial charge in [-0.15, -0.1) is 11.8 Å². The lowest BCUT2D eigenvalue weighted by atomic mass is 10.2. The number of rotatable bonds is 9. The summed E-state index contributed by atoms with van der Waals surface area (Å²) in [4.78, 5) is 40.1. The number of carboxylic acid groups (broad SMARTS) is 1. The molecule has 0 unspecified atom stereocenters. The number of anilines is 1. The molecule has 0 spiro atoms. The number of aliphatic carboxylic acids is 1. The van der Waals surface area contributed by atoms with Crippen LogP contribution in [0.4, 0.5) is 10.5 Å². The molecule has 8 nitrogen and oxygen atoms in total. The summed E-state index contributed by atoms with van der Waals surface area (Å²) in [5.74, 6) is 0.0986. The van der Waals surface area contributed by atoms with Gasteiger partial charge in [0.05, 0.1) is 18.0 Å². The predicted octanol–water partition coefficient (Wildman–Crippen LogP) is 4.94. The molecule has 0 fully saturated rings. The zero-order valence-electron chi connectivity index (χ0n) is 19.1. The van der Waals surface area contributed by atoms with Gasteiger partial charge < -0.3 is 19.5 Å². The number of para-hydroxylation sites is 1. The SMILES string of the molecule is O=C(O)CN(Cc1ccc(OCCN2C(=O)CSc3ccccc32)cc1)C(=O)Oc1cccc(Cl)c1. The first-order valence-electron chi connectivity index (χ1n) is 11.1. The first-order chi connectivity index (χ1) is 17.4. The average Bonchev–Trinajstić information content (AvgIpc) is 2.85. The minimum absolute atomic E-state index is 0.0305. The van der Waals surface area contributed by atoms with E-state index in [0.717, 1.165) is 15.5 Å². The van der Waals surface area contributed by atoms with Crippen molar-refractivity contribution in [2.45, 2.75) is 11.4 Å². The van der Waals surface area contributed by atoms with Gasteiger partial charge in [-0.25, -0.2) is 4.79 Å². The monoisotopic (exact) mass is 526 g/mol. The molecular weight excluding hydrogens is 504 g/mol. The van der Waals surface area contributed by atoms with Crippen LogP contribution in [0.15, 0.2) is 77.7 Å². The molecule has 36 heavy (non-hydrogen) atoms. The van der Waals surface area contributed by atoms with Crippen LogP contribution in [0.3, 0.4) is 0 Å². The Kier molecular flexibility index (Phi) is 8.35. The lowest BCUT2D eigenvalue weighted by Crippen LogP contribution is -2.38. The van der Waals surface area contributed by atoms with Gasteiger partial charge in [0.1, 0.15) is 24.7 Å². The summed E-state index contributed by atoms with van der Waals surface area (Å²) in [6, 6.07) is 21.0. The molecular formula is C26H23ClN2O6S. The summed E-state index contributed by atoms with van der Waals surface area (Å²) in [6.07, 6.45) is -0.801. The van der Waals surface area contributed by atoms with Crippen LogP contribution >= 0.6 is 23.4 Å². The van der Waals surface area contributed by atoms with E-state index >= 15 is 0 Å². The molecule has 1 aliphatic rings. The van der Waals surface area contributed by atoms with E-state index in [1.54, 1.807) is 47.4 Å². The summed E-state index contributed by atoms with van der Waals surface area (Å²) < 4.78 is 11.1. The topological polar surface area (TPSA) is 96.4 Å². The number of benzene rings is 3. The molecule has 0 bridgehead atoms. The van der Waals surface area contributed by atoms with E-state index in [2.05, 4.69) is 0 Å². The zero-order chi connectivity index (χ0) is 25.5. The second-order valence-corrected chi connectivity index (χ2v) is 9.32. The number of ether oxygens (including phenoxy) is 2. The van der Waals surface area contributed by atoms with Crippen LogP contribution in [0, 0.1) is 0 Å². The quantitative estimate of drug-likeness (QED) is 0.421. The molecule has 3 aromatic carbocycles. The van der Waals surface area contributed by atoms with Crippen LogP contribution < -0.4 is 14.4 Å². The van der Waals surface area contributed by atoms with Crippen molar-refractivity contribution in [1.29, 1.82) is 0 Å². The second kappa shape index (κ2) is 11.8. The molecule has 1 N–H and O–H groups in total. The number of hydrogen-bond donors (Lipinski definition) is 1. The maximum atomic E-state index is 12.6. The van der Waals surface area contributed by atoms with Crippen LogP contribution in [-0.2, 0) is 16.1 Å². The lowest BCUT2D eigenvalue weighted by molar-refractivity contribution is -0.138. The molecule has 0 atom stereocenters. The number of nitrogens with zero attached hydrogens (tertiary/aromatic N) is 2. The van der Waals surface area contributed by atoms with Gasteiger partial charge in [0, 0.05) is 16.5 Å². The van der Waals surface area contributed by atoms with E-state index in [0.29, 0.717) is 35.2 Å². The van der Waals surface area contributed by atoms with E-state index in [4.69, 9.17) is 21.1 Å². The van der Waals surface area contributed by atoms with E-state index in [9.17, 15) is 19.5 Å². The van der Waals surface area contributed by atoms with Crippen LogP contribution in [0.1, 0.15) is 5.56 Å². The van der Waals surface area contributed by atoms with Crippen molar-refractivity contribution in [3.05, 3.63) is 83.4 Å². The van der Waals surface area contributed by atoms with Gasteiger partial charge in [0.25, 0.3) is 0 Å². The van der Waals surface area contributed by atoms with Gasteiger partial charge >= 0.3 is 12.1 Å². The molecule has 1 heterocycles. The number of thioether (sulfide) groups is 1. The van der Waals surface area contributed by atoms with Crippen molar-refractivity contribution in [3.63, 3.8) is 0 Å². The largest absolute Gasteiger partial charge is 0.492 e. The first kappa shape index (κ1) is 25.4. The highest BCUT2D eigenvalue weighted by molar-refractivity contribution is 8.00. The molecule has 0 saturated carbocycles. The van der Waals surface area contributed by atoms with Gasteiger partial charge in [0.15, 0.2) is 0 Å². The second-order valence-electron chi connectivity index (χ2n) is 7.87. The molecule has 0 aliphatic carbocycles.